The third-order valence-corrected chi connectivity index (χ3v) is 3.44. The van der Waals surface area contributed by atoms with Crippen LogP contribution in [0.1, 0.15) is 48.4 Å². The van der Waals surface area contributed by atoms with Gasteiger partial charge in [0.1, 0.15) is 5.76 Å². The predicted octanol–water partition coefficient (Wildman–Crippen LogP) is 3.46. The molecular formula is C16H21NO4. The van der Waals surface area contributed by atoms with Crippen molar-refractivity contribution in [2.45, 2.75) is 38.1 Å². The number of ether oxygens (including phenoxy) is 2. The lowest BCUT2D eigenvalue weighted by Crippen LogP contribution is -2.06. The third kappa shape index (κ3) is 4.48. The summed E-state index contributed by atoms with van der Waals surface area (Å²) in [7, 11) is 3.01. The molecule has 1 aromatic rings. The summed E-state index contributed by atoms with van der Waals surface area (Å²) in [5.41, 5.74) is 0. The van der Waals surface area contributed by atoms with Gasteiger partial charge in [0.2, 0.25) is 5.76 Å². The lowest BCUT2D eigenvalue weighted by atomic mass is 10.1. The summed E-state index contributed by atoms with van der Waals surface area (Å²) >= 11 is 0. The predicted molar refractivity (Wildman–Crippen MR) is 80.4 cm³/mol. The maximum Gasteiger partial charge on any atom is 0.373 e. The molecule has 1 aromatic heterocycles. The largest absolute Gasteiger partial charge is 0.484 e. The molecule has 21 heavy (non-hydrogen) atoms. The third-order valence-electron chi connectivity index (χ3n) is 3.44. The number of hydrogen-bond acceptors (Lipinski definition) is 5. The first-order valence-corrected chi connectivity index (χ1v) is 7.18. The van der Waals surface area contributed by atoms with Gasteiger partial charge in [0.15, 0.2) is 5.90 Å². The fraction of sp³-hybridized carbons (Fsp3) is 0.500. The standard InChI is InChI=1S/C16H21NO4/c1-19-15-9-4-3-6-12(17-15)7-5-8-13-10-11-14(21-13)16(18)20-2/h5,8,10-12H,3-4,6-7,9H2,1-2H3/b8-5+. The molecule has 2 rings (SSSR count). The molecular weight excluding hydrogens is 270 g/mol. The molecule has 5 nitrogen and oxygen atoms in total. The SMILES string of the molecule is COC(=O)c1ccc(/C=C/CC2CCCCC(OC)=N2)o1. The molecule has 0 bridgehead atoms. The zero-order valence-electron chi connectivity index (χ0n) is 12.5. The molecule has 0 saturated heterocycles. The molecule has 114 valence electrons. The molecule has 0 aliphatic carbocycles. The molecule has 0 spiro atoms. The highest BCUT2D eigenvalue weighted by molar-refractivity contribution is 5.86. The normalized spacial score (nSPS) is 19.1. The van der Waals surface area contributed by atoms with Gasteiger partial charge in [0.05, 0.1) is 20.3 Å². The molecule has 1 atom stereocenters. The number of furan rings is 1. The van der Waals surface area contributed by atoms with E-state index in [1.807, 2.05) is 12.2 Å². The van der Waals surface area contributed by atoms with E-state index in [4.69, 9.17) is 9.15 Å². The average Bonchev–Trinajstić information content (AvgIpc) is 2.85. The minimum atomic E-state index is -0.465. The van der Waals surface area contributed by atoms with Crippen molar-refractivity contribution in [1.29, 1.82) is 0 Å². The van der Waals surface area contributed by atoms with Crippen LogP contribution in [0, 0.1) is 0 Å². The summed E-state index contributed by atoms with van der Waals surface area (Å²) in [6, 6.07) is 3.62. The minimum Gasteiger partial charge on any atom is -0.484 e. The molecule has 0 radical (unpaired) electrons. The van der Waals surface area contributed by atoms with Crippen molar-refractivity contribution in [3.8, 4) is 0 Å². The van der Waals surface area contributed by atoms with E-state index in [-0.39, 0.29) is 11.8 Å². The van der Waals surface area contributed by atoms with Crippen molar-refractivity contribution < 1.29 is 18.7 Å². The monoisotopic (exact) mass is 291 g/mol. The van der Waals surface area contributed by atoms with Gasteiger partial charge in [-0.3, -0.25) is 4.99 Å². The Hall–Kier alpha value is -2.04. The van der Waals surface area contributed by atoms with Crippen molar-refractivity contribution in [3.63, 3.8) is 0 Å². The fourth-order valence-corrected chi connectivity index (χ4v) is 2.31. The van der Waals surface area contributed by atoms with E-state index in [9.17, 15) is 4.79 Å². The molecule has 0 N–H and O–H groups in total. The molecule has 0 saturated carbocycles. The second-order valence-electron chi connectivity index (χ2n) is 4.96. The van der Waals surface area contributed by atoms with Gasteiger partial charge in [-0.15, -0.1) is 0 Å². The summed E-state index contributed by atoms with van der Waals surface area (Å²) in [4.78, 5) is 15.9. The van der Waals surface area contributed by atoms with Gasteiger partial charge >= 0.3 is 5.97 Å². The number of hydrogen-bond donors (Lipinski definition) is 0. The van der Waals surface area contributed by atoms with Crippen molar-refractivity contribution in [3.05, 3.63) is 29.7 Å². The second kappa shape index (κ2) is 7.67. The van der Waals surface area contributed by atoms with Gasteiger partial charge in [-0.2, -0.15) is 0 Å². The summed E-state index contributed by atoms with van der Waals surface area (Å²) in [5.74, 6) is 1.23. The van der Waals surface area contributed by atoms with Gasteiger partial charge in [-0.25, -0.2) is 4.79 Å². The maximum atomic E-state index is 11.3. The Morgan fingerprint density at radius 3 is 3.05 bits per heavy atom. The van der Waals surface area contributed by atoms with Crippen LogP contribution in [0.15, 0.2) is 27.6 Å². The van der Waals surface area contributed by atoms with Gasteiger partial charge in [-0.1, -0.05) is 12.5 Å². The summed E-state index contributed by atoms with van der Waals surface area (Å²) in [6.07, 6.45) is 9.02. The highest BCUT2D eigenvalue weighted by Crippen LogP contribution is 2.18. The van der Waals surface area contributed by atoms with E-state index in [1.54, 1.807) is 19.2 Å². The summed E-state index contributed by atoms with van der Waals surface area (Å²) < 4.78 is 15.2. The maximum absolute atomic E-state index is 11.3. The van der Waals surface area contributed by atoms with E-state index >= 15 is 0 Å². The van der Waals surface area contributed by atoms with Crippen LogP contribution in [-0.4, -0.2) is 32.1 Å². The summed E-state index contributed by atoms with van der Waals surface area (Å²) in [6.45, 7) is 0. The molecule has 1 unspecified atom stereocenters. The van der Waals surface area contributed by atoms with Gasteiger partial charge in [-0.05, 0) is 37.5 Å². The van der Waals surface area contributed by atoms with Crippen molar-refractivity contribution >= 4 is 17.9 Å². The lowest BCUT2D eigenvalue weighted by molar-refractivity contribution is 0.0564. The molecule has 1 aliphatic rings. The average molecular weight is 291 g/mol. The summed E-state index contributed by atoms with van der Waals surface area (Å²) in [5, 5.41) is 0. The topological polar surface area (TPSA) is 61.0 Å². The van der Waals surface area contributed by atoms with Crippen LogP contribution >= 0.6 is 0 Å². The Kier molecular flexibility index (Phi) is 5.60. The Balaban J connectivity index is 1.92. The Bertz CT molecular complexity index is 530. The van der Waals surface area contributed by atoms with E-state index in [2.05, 4.69) is 9.73 Å². The molecule has 2 heterocycles. The van der Waals surface area contributed by atoms with Crippen LogP contribution in [0.2, 0.25) is 0 Å². The number of aliphatic imine (C=N–C) groups is 1. The Morgan fingerprint density at radius 2 is 2.29 bits per heavy atom. The van der Waals surface area contributed by atoms with E-state index in [0.29, 0.717) is 5.76 Å². The number of rotatable bonds is 4. The first-order valence-electron chi connectivity index (χ1n) is 7.18. The van der Waals surface area contributed by atoms with Crippen molar-refractivity contribution in [2.24, 2.45) is 4.99 Å². The highest BCUT2D eigenvalue weighted by Gasteiger charge is 2.13. The van der Waals surface area contributed by atoms with Crippen LogP contribution in [0.4, 0.5) is 0 Å². The molecule has 0 aromatic carbocycles. The van der Waals surface area contributed by atoms with E-state index in [1.165, 1.54) is 13.5 Å². The number of methoxy groups -OCH3 is 2. The zero-order valence-corrected chi connectivity index (χ0v) is 12.5. The zero-order chi connectivity index (χ0) is 15.1. The molecule has 0 fully saturated rings. The first kappa shape index (κ1) is 15.4. The van der Waals surface area contributed by atoms with Gasteiger partial charge < -0.3 is 13.9 Å². The van der Waals surface area contributed by atoms with Crippen LogP contribution < -0.4 is 0 Å². The van der Waals surface area contributed by atoms with Gasteiger partial charge in [0, 0.05) is 6.42 Å². The Labute approximate surface area is 124 Å². The van der Waals surface area contributed by atoms with Crippen molar-refractivity contribution in [1.82, 2.24) is 0 Å². The van der Waals surface area contributed by atoms with Crippen LogP contribution in [0.25, 0.3) is 6.08 Å². The molecule has 1 aliphatic heterocycles. The smallest absolute Gasteiger partial charge is 0.373 e. The fourth-order valence-electron chi connectivity index (χ4n) is 2.31. The number of carbonyl (C=O) groups is 1. The lowest BCUT2D eigenvalue weighted by Gasteiger charge is -2.07. The van der Waals surface area contributed by atoms with Crippen LogP contribution in [-0.2, 0) is 9.47 Å². The molecule has 5 heteroatoms. The van der Waals surface area contributed by atoms with Crippen molar-refractivity contribution in [2.75, 3.05) is 14.2 Å². The second-order valence-corrected chi connectivity index (χ2v) is 4.96. The van der Waals surface area contributed by atoms with E-state index in [0.717, 1.165) is 31.6 Å². The number of esters is 1. The highest BCUT2D eigenvalue weighted by atomic mass is 16.5. The number of nitrogens with zero attached hydrogens (tertiary/aromatic N) is 1. The van der Waals surface area contributed by atoms with E-state index < -0.39 is 5.97 Å². The quantitative estimate of drug-likeness (QED) is 0.797. The van der Waals surface area contributed by atoms with Crippen LogP contribution in [0.5, 0.6) is 0 Å². The van der Waals surface area contributed by atoms with Gasteiger partial charge in [0.25, 0.3) is 0 Å². The molecule has 0 amide bonds. The minimum absolute atomic E-state index is 0.214. The first-order chi connectivity index (χ1) is 10.2. The Morgan fingerprint density at radius 1 is 1.43 bits per heavy atom. The van der Waals surface area contributed by atoms with Crippen LogP contribution in [0.3, 0.4) is 0 Å². The number of carbonyl (C=O) groups excluding carboxylic acids is 1.